The number of ether oxygens (including phenoxy) is 1. The average molecular weight is 441 g/mol. The summed E-state index contributed by atoms with van der Waals surface area (Å²) in [5.41, 5.74) is 1.86. The Bertz CT molecular complexity index is 1050. The van der Waals surface area contributed by atoms with Gasteiger partial charge in [0.25, 0.3) is 5.91 Å². The van der Waals surface area contributed by atoms with E-state index in [0.717, 1.165) is 9.86 Å². The lowest BCUT2D eigenvalue weighted by Crippen LogP contribution is -2.35. The fourth-order valence-corrected chi connectivity index (χ4v) is 3.19. The van der Waals surface area contributed by atoms with Crippen LogP contribution >= 0.6 is 15.9 Å². The first-order valence-corrected chi connectivity index (χ1v) is 9.38. The molecule has 0 aliphatic carbocycles. The summed E-state index contributed by atoms with van der Waals surface area (Å²) in [6.07, 6.45) is 0.173. The van der Waals surface area contributed by atoms with Gasteiger partial charge in [-0.15, -0.1) is 0 Å². The number of halogens is 1. The summed E-state index contributed by atoms with van der Waals surface area (Å²) < 4.78 is 11.7. The second kappa shape index (κ2) is 8.72. The first-order chi connectivity index (χ1) is 13.5. The van der Waals surface area contributed by atoms with Crippen molar-refractivity contribution < 1.29 is 18.7 Å². The molecule has 1 amide bonds. The number of rotatable bonds is 6. The molecule has 0 spiro atoms. The van der Waals surface area contributed by atoms with Gasteiger partial charge in [-0.1, -0.05) is 34.1 Å². The Labute approximate surface area is 170 Å². The van der Waals surface area contributed by atoms with Crippen LogP contribution in [0.3, 0.4) is 0 Å². The second-order valence-electron chi connectivity index (χ2n) is 6.06. The van der Waals surface area contributed by atoms with Gasteiger partial charge in [0.2, 0.25) is 5.76 Å². The number of benzene rings is 2. The molecule has 1 heterocycles. The molecule has 0 atom stereocenters. The molecular formula is C21H17BrN2O4. The largest absolute Gasteiger partial charge is 0.450 e. The van der Waals surface area contributed by atoms with Crippen LogP contribution in [0.2, 0.25) is 0 Å². The topological polar surface area (TPSA) is 83.5 Å². The Morgan fingerprint density at radius 3 is 2.68 bits per heavy atom. The number of fused-ring (bicyclic) bond motifs is 1. The van der Waals surface area contributed by atoms with E-state index >= 15 is 0 Å². The molecule has 3 rings (SSSR count). The number of esters is 1. The zero-order valence-corrected chi connectivity index (χ0v) is 16.7. The highest BCUT2D eigenvalue weighted by Gasteiger charge is 2.22. The normalized spacial score (nSPS) is 10.5. The van der Waals surface area contributed by atoms with E-state index in [2.05, 4.69) is 15.9 Å². The third kappa shape index (κ3) is 4.24. The van der Waals surface area contributed by atoms with Crippen molar-refractivity contribution in [1.82, 2.24) is 0 Å². The van der Waals surface area contributed by atoms with Crippen LogP contribution in [0.15, 0.2) is 57.4 Å². The Balaban J connectivity index is 1.73. The molecule has 0 aliphatic heterocycles. The quantitative estimate of drug-likeness (QED) is 0.522. The monoisotopic (exact) mass is 440 g/mol. The minimum Gasteiger partial charge on any atom is -0.450 e. The number of aryl methyl sites for hydroxylation is 1. The van der Waals surface area contributed by atoms with Crippen LogP contribution in [0.25, 0.3) is 11.0 Å². The van der Waals surface area contributed by atoms with Crippen LogP contribution < -0.4 is 4.90 Å². The lowest BCUT2D eigenvalue weighted by Gasteiger charge is -2.21. The minimum atomic E-state index is -0.702. The van der Waals surface area contributed by atoms with Gasteiger partial charge >= 0.3 is 5.97 Å². The number of amides is 1. The van der Waals surface area contributed by atoms with Crippen LogP contribution in [0.4, 0.5) is 5.69 Å². The summed E-state index contributed by atoms with van der Waals surface area (Å²) in [5.74, 6) is -1.04. The molecule has 0 radical (unpaired) electrons. The number of furan rings is 1. The molecule has 0 bridgehead atoms. The van der Waals surface area contributed by atoms with E-state index in [-0.39, 0.29) is 18.7 Å². The third-order valence-corrected chi connectivity index (χ3v) is 4.72. The SMILES string of the molecule is Cc1c(C(=O)OCC(=O)N(CCC#N)c2ccccc2)oc2ccc(Br)cc12. The molecule has 28 heavy (non-hydrogen) atoms. The smallest absolute Gasteiger partial charge is 0.375 e. The van der Waals surface area contributed by atoms with Crippen LogP contribution in [-0.2, 0) is 9.53 Å². The van der Waals surface area contributed by atoms with Crippen molar-refractivity contribution in [3.8, 4) is 6.07 Å². The zero-order valence-electron chi connectivity index (χ0n) is 15.1. The number of hydrogen-bond acceptors (Lipinski definition) is 5. The second-order valence-corrected chi connectivity index (χ2v) is 6.98. The van der Waals surface area contributed by atoms with E-state index < -0.39 is 18.5 Å². The molecule has 1 aromatic heterocycles. The van der Waals surface area contributed by atoms with Gasteiger partial charge in [-0.25, -0.2) is 4.79 Å². The summed E-state index contributed by atoms with van der Waals surface area (Å²) in [4.78, 5) is 26.5. The van der Waals surface area contributed by atoms with E-state index in [0.29, 0.717) is 16.8 Å². The summed E-state index contributed by atoms with van der Waals surface area (Å²) in [6.45, 7) is 1.54. The lowest BCUT2D eigenvalue weighted by atomic mass is 10.1. The molecule has 0 fully saturated rings. The zero-order chi connectivity index (χ0) is 20.1. The van der Waals surface area contributed by atoms with Gasteiger partial charge in [0.1, 0.15) is 5.58 Å². The molecule has 0 N–H and O–H groups in total. The van der Waals surface area contributed by atoms with Gasteiger partial charge < -0.3 is 14.1 Å². The fourth-order valence-electron chi connectivity index (χ4n) is 2.83. The van der Waals surface area contributed by atoms with E-state index in [1.54, 1.807) is 37.3 Å². The van der Waals surface area contributed by atoms with Crippen molar-refractivity contribution >= 4 is 44.5 Å². The van der Waals surface area contributed by atoms with E-state index in [1.807, 2.05) is 24.3 Å². The molecular weight excluding hydrogens is 424 g/mol. The molecule has 2 aromatic carbocycles. The van der Waals surface area contributed by atoms with Gasteiger partial charge in [0.05, 0.1) is 12.5 Å². The number of hydrogen-bond donors (Lipinski definition) is 0. The van der Waals surface area contributed by atoms with E-state index in [1.165, 1.54) is 4.90 Å². The number of nitriles is 1. The highest BCUT2D eigenvalue weighted by atomic mass is 79.9. The summed E-state index contributed by atoms with van der Waals surface area (Å²) in [5, 5.41) is 9.64. The lowest BCUT2D eigenvalue weighted by molar-refractivity contribution is -0.121. The Morgan fingerprint density at radius 2 is 1.96 bits per heavy atom. The molecule has 0 aliphatic rings. The summed E-state index contributed by atoms with van der Waals surface area (Å²) >= 11 is 3.39. The van der Waals surface area contributed by atoms with Crippen molar-refractivity contribution in [2.45, 2.75) is 13.3 Å². The summed E-state index contributed by atoms with van der Waals surface area (Å²) in [7, 11) is 0. The molecule has 0 unspecified atom stereocenters. The van der Waals surface area contributed by atoms with E-state index in [9.17, 15) is 9.59 Å². The highest BCUT2D eigenvalue weighted by molar-refractivity contribution is 9.10. The Morgan fingerprint density at radius 1 is 1.21 bits per heavy atom. The first kappa shape index (κ1) is 19.6. The number of carbonyl (C=O) groups is 2. The Hall–Kier alpha value is -3.11. The van der Waals surface area contributed by atoms with Crippen LogP contribution in [0.5, 0.6) is 0 Å². The highest BCUT2D eigenvalue weighted by Crippen LogP contribution is 2.28. The maximum atomic E-state index is 12.6. The minimum absolute atomic E-state index is 0.0733. The van der Waals surface area contributed by atoms with Gasteiger partial charge in [0, 0.05) is 27.7 Å². The van der Waals surface area contributed by atoms with Crippen molar-refractivity contribution in [2.75, 3.05) is 18.1 Å². The number of carbonyl (C=O) groups excluding carboxylic acids is 2. The predicted molar refractivity (Wildman–Crippen MR) is 108 cm³/mol. The maximum absolute atomic E-state index is 12.6. The van der Waals surface area contributed by atoms with Crippen molar-refractivity contribution in [3.63, 3.8) is 0 Å². The average Bonchev–Trinajstić information content (AvgIpc) is 3.03. The number of anilines is 1. The van der Waals surface area contributed by atoms with Crippen LogP contribution in [0.1, 0.15) is 22.5 Å². The molecule has 0 saturated carbocycles. The molecule has 7 heteroatoms. The summed E-state index contributed by atoms with van der Waals surface area (Å²) in [6, 6.07) is 16.4. The molecule has 0 saturated heterocycles. The Kier molecular flexibility index (Phi) is 6.12. The van der Waals surface area contributed by atoms with Gasteiger partial charge in [-0.05, 0) is 37.3 Å². The van der Waals surface area contributed by atoms with Crippen molar-refractivity contribution in [1.29, 1.82) is 5.26 Å². The van der Waals surface area contributed by atoms with Crippen molar-refractivity contribution in [2.24, 2.45) is 0 Å². The van der Waals surface area contributed by atoms with Crippen LogP contribution in [0, 0.1) is 18.3 Å². The predicted octanol–water partition coefficient (Wildman–Crippen LogP) is 4.61. The number of nitrogens with zero attached hydrogens (tertiary/aromatic N) is 2. The fraction of sp³-hybridized carbons (Fsp3) is 0.190. The van der Waals surface area contributed by atoms with Gasteiger partial charge in [-0.3, -0.25) is 4.79 Å². The molecule has 3 aromatic rings. The van der Waals surface area contributed by atoms with Crippen molar-refractivity contribution in [3.05, 3.63) is 64.3 Å². The first-order valence-electron chi connectivity index (χ1n) is 8.59. The van der Waals surface area contributed by atoms with E-state index in [4.69, 9.17) is 14.4 Å². The maximum Gasteiger partial charge on any atom is 0.375 e. The van der Waals surface area contributed by atoms with Gasteiger partial charge in [-0.2, -0.15) is 5.26 Å². The standard InChI is InChI=1S/C21H17BrN2O4/c1-14-17-12-15(22)8-9-18(17)28-20(14)21(26)27-13-19(25)24(11-5-10-23)16-6-3-2-4-7-16/h2-4,6-9,12H,5,11,13H2,1H3. The van der Waals surface area contributed by atoms with Gasteiger partial charge in [0.15, 0.2) is 6.61 Å². The van der Waals surface area contributed by atoms with Crippen LogP contribution in [-0.4, -0.2) is 25.0 Å². The molecule has 6 nitrogen and oxygen atoms in total. The third-order valence-electron chi connectivity index (χ3n) is 4.23. The molecule has 142 valence electrons. The number of para-hydroxylation sites is 1.